The highest BCUT2D eigenvalue weighted by molar-refractivity contribution is 6.07. The third-order valence-corrected chi connectivity index (χ3v) is 3.33. The van der Waals surface area contributed by atoms with Crippen molar-refractivity contribution in [2.45, 2.75) is 19.8 Å². The molecule has 5 heteroatoms. The van der Waals surface area contributed by atoms with Gasteiger partial charge in [-0.3, -0.25) is 14.9 Å². The number of hydrogen-bond donors (Lipinski definition) is 2. The smallest absolute Gasteiger partial charge is 0.276 e. The number of carbonyl (C=O) groups excluding carboxylic acids is 1. The van der Waals surface area contributed by atoms with Crippen LogP contribution >= 0.6 is 0 Å². The van der Waals surface area contributed by atoms with Gasteiger partial charge in [-0.25, -0.2) is 0 Å². The Labute approximate surface area is 122 Å². The summed E-state index contributed by atoms with van der Waals surface area (Å²) in [6.45, 7) is 4.09. The fraction of sp³-hybridized carbons (Fsp3) is 0.188. The number of pyridine rings is 1. The molecule has 3 aromatic rings. The monoisotopic (exact) mass is 280 g/mol. The molecule has 0 saturated heterocycles. The van der Waals surface area contributed by atoms with Crippen molar-refractivity contribution in [3.63, 3.8) is 0 Å². The van der Waals surface area contributed by atoms with Crippen molar-refractivity contribution in [2.24, 2.45) is 0 Å². The fourth-order valence-electron chi connectivity index (χ4n) is 2.14. The molecule has 2 heterocycles. The first kappa shape index (κ1) is 13.3. The van der Waals surface area contributed by atoms with E-state index in [1.165, 1.54) is 0 Å². The largest absolute Gasteiger partial charge is 0.319 e. The molecule has 0 bridgehead atoms. The zero-order chi connectivity index (χ0) is 14.8. The maximum Gasteiger partial charge on any atom is 0.276 e. The van der Waals surface area contributed by atoms with Gasteiger partial charge >= 0.3 is 0 Å². The number of para-hydroxylation sites is 1. The van der Waals surface area contributed by atoms with Gasteiger partial charge in [-0.1, -0.05) is 32.0 Å². The van der Waals surface area contributed by atoms with Crippen LogP contribution in [0.5, 0.6) is 0 Å². The predicted molar refractivity (Wildman–Crippen MR) is 82.4 cm³/mol. The molecule has 0 aliphatic heterocycles. The molecular weight excluding hydrogens is 264 g/mol. The molecule has 0 aliphatic rings. The Morgan fingerprint density at radius 2 is 2.05 bits per heavy atom. The molecule has 0 atom stereocenters. The van der Waals surface area contributed by atoms with Gasteiger partial charge in [-0.05, 0) is 24.1 Å². The lowest BCUT2D eigenvalue weighted by atomic mass is 10.1. The van der Waals surface area contributed by atoms with E-state index >= 15 is 0 Å². The molecule has 3 rings (SSSR count). The summed E-state index contributed by atoms with van der Waals surface area (Å²) in [5.41, 5.74) is 2.78. The predicted octanol–water partition coefficient (Wildman–Crippen LogP) is 3.33. The number of amides is 1. The van der Waals surface area contributed by atoms with Crippen LogP contribution in [0.15, 0.2) is 42.6 Å². The van der Waals surface area contributed by atoms with Gasteiger partial charge in [0, 0.05) is 17.3 Å². The van der Waals surface area contributed by atoms with Gasteiger partial charge in [0.15, 0.2) is 5.69 Å². The summed E-state index contributed by atoms with van der Waals surface area (Å²) in [7, 11) is 0. The minimum Gasteiger partial charge on any atom is -0.319 e. The summed E-state index contributed by atoms with van der Waals surface area (Å²) < 4.78 is 0. The first-order chi connectivity index (χ1) is 10.1. The summed E-state index contributed by atoms with van der Waals surface area (Å²) in [5.74, 6) is 0.0644. The number of H-pyrrole nitrogens is 1. The SMILES string of the molecule is CC(C)c1cc(C(=O)Nc2cccc3cccnc23)n[nH]1. The number of anilines is 1. The summed E-state index contributed by atoms with van der Waals surface area (Å²) in [6.07, 6.45) is 1.71. The Bertz CT molecular complexity index is 786. The molecule has 106 valence electrons. The Morgan fingerprint density at radius 3 is 2.81 bits per heavy atom. The normalized spacial score (nSPS) is 11.0. The van der Waals surface area contributed by atoms with Gasteiger partial charge in [-0.2, -0.15) is 5.10 Å². The minimum atomic E-state index is -0.240. The number of benzene rings is 1. The highest BCUT2D eigenvalue weighted by Gasteiger charge is 2.13. The Morgan fingerprint density at radius 1 is 1.24 bits per heavy atom. The van der Waals surface area contributed by atoms with Crippen LogP contribution in [-0.4, -0.2) is 21.1 Å². The van der Waals surface area contributed by atoms with Crippen molar-refractivity contribution in [1.29, 1.82) is 0 Å². The summed E-state index contributed by atoms with van der Waals surface area (Å²) in [5, 5.41) is 10.8. The molecule has 0 saturated carbocycles. The molecule has 2 N–H and O–H groups in total. The van der Waals surface area contributed by atoms with Crippen LogP contribution in [0, 0.1) is 0 Å². The van der Waals surface area contributed by atoms with Crippen LogP contribution in [0.25, 0.3) is 10.9 Å². The average molecular weight is 280 g/mol. The minimum absolute atomic E-state index is 0.240. The standard InChI is InChI=1S/C16H16N4O/c1-10(2)13-9-14(20-19-13)16(21)18-12-7-3-5-11-6-4-8-17-15(11)12/h3-10H,1-2H3,(H,18,21)(H,19,20). The van der Waals surface area contributed by atoms with Crippen molar-refractivity contribution in [1.82, 2.24) is 15.2 Å². The Kier molecular flexibility index (Phi) is 3.39. The van der Waals surface area contributed by atoms with Gasteiger partial charge in [0.1, 0.15) is 0 Å². The fourth-order valence-corrected chi connectivity index (χ4v) is 2.14. The van der Waals surface area contributed by atoms with E-state index in [-0.39, 0.29) is 5.91 Å². The van der Waals surface area contributed by atoms with Crippen molar-refractivity contribution < 1.29 is 4.79 Å². The Balaban J connectivity index is 1.89. The van der Waals surface area contributed by atoms with Crippen molar-refractivity contribution in [3.05, 3.63) is 54.0 Å². The van der Waals surface area contributed by atoms with Crippen molar-refractivity contribution in [2.75, 3.05) is 5.32 Å². The summed E-state index contributed by atoms with van der Waals surface area (Å²) in [6, 6.07) is 11.3. The number of hydrogen-bond acceptors (Lipinski definition) is 3. The van der Waals surface area contributed by atoms with Crippen molar-refractivity contribution in [3.8, 4) is 0 Å². The van der Waals surface area contributed by atoms with Crippen LogP contribution in [0.3, 0.4) is 0 Å². The van der Waals surface area contributed by atoms with Crippen LogP contribution in [0.4, 0.5) is 5.69 Å². The number of fused-ring (bicyclic) bond motifs is 1. The average Bonchev–Trinajstić information content (AvgIpc) is 2.98. The third-order valence-electron chi connectivity index (χ3n) is 3.33. The van der Waals surface area contributed by atoms with E-state index in [9.17, 15) is 4.79 Å². The second-order valence-corrected chi connectivity index (χ2v) is 5.20. The Hall–Kier alpha value is -2.69. The summed E-state index contributed by atoms with van der Waals surface area (Å²) in [4.78, 5) is 16.6. The number of carbonyl (C=O) groups is 1. The van der Waals surface area contributed by atoms with E-state index < -0.39 is 0 Å². The molecule has 0 fully saturated rings. The number of aromatic nitrogens is 3. The lowest BCUT2D eigenvalue weighted by molar-refractivity contribution is 0.102. The van der Waals surface area contributed by atoms with Crippen LogP contribution in [0.1, 0.15) is 35.9 Å². The van der Waals surface area contributed by atoms with Crippen molar-refractivity contribution >= 4 is 22.5 Å². The van der Waals surface area contributed by atoms with E-state index in [4.69, 9.17) is 0 Å². The first-order valence-electron chi connectivity index (χ1n) is 6.85. The number of nitrogens with one attached hydrogen (secondary N) is 2. The second-order valence-electron chi connectivity index (χ2n) is 5.20. The van der Waals surface area contributed by atoms with Gasteiger partial charge in [0.2, 0.25) is 0 Å². The molecule has 2 aromatic heterocycles. The highest BCUT2D eigenvalue weighted by Crippen LogP contribution is 2.21. The summed E-state index contributed by atoms with van der Waals surface area (Å²) >= 11 is 0. The van der Waals surface area contributed by atoms with Crippen LogP contribution in [0.2, 0.25) is 0 Å². The number of nitrogens with zero attached hydrogens (tertiary/aromatic N) is 2. The second kappa shape index (κ2) is 5.36. The maximum atomic E-state index is 12.3. The maximum absolute atomic E-state index is 12.3. The highest BCUT2D eigenvalue weighted by atomic mass is 16.1. The van der Waals surface area contributed by atoms with E-state index in [0.29, 0.717) is 17.3 Å². The molecule has 0 unspecified atom stereocenters. The molecule has 1 amide bonds. The van der Waals surface area contributed by atoms with Gasteiger partial charge < -0.3 is 5.32 Å². The quantitative estimate of drug-likeness (QED) is 0.773. The number of aromatic amines is 1. The van der Waals surface area contributed by atoms with Gasteiger partial charge in [0.05, 0.1) is 11.2 Å². The number of rotatable bonds is 3. The molecule has 1 aromatic carbocycles. The van der Waals surface area contributed by atoms with Gasteiger partial charge in [-0.15, -0.1) is 0 Å². The van der Waals surface area contributed by atoms with Gasteiger partial charge in [0.25, 0.3) is 5.91 Å². The topological polar surface area (TPSA) is 70.7 Å². The molecule has 0 spiro atoms. The van der Waals surface area contributed by atoms with Crippen LogP contribution in [-0.2, 0) is 0 Å². The van der Waals surface area contributed by atoms with E-state index in [1.807, 2.05) is 44.2 Å². The van der Waals surface area contributed by atoms with E-state index in [1.54, 1.807) is 12.3 Å². The zero-order valence-corrected chi connectivity index (χ0v) is 11.9. The third kappa shape index (κ3) is 2.63. The molecule has 0 radical (unpaired) electrons. The van der Waals surface area contributed by atoms with Crippen LogP contribution < -0.4 is 5.32 Å². The molecule has 5 nitrogen and oxygen atoms in total. The molecule has 0 aliphatic carbocycles. The van der Waals surface area contributed by atoms with E-state index in [0.717, 1.165) is 16.6 Å². The van der Waals surface area contributed by atoms with E-state index in [2.05, 4.69) is 20.5 Å². The first-order valence-corrected chi connectivity index (χ1v) is 6.85. The molecule has 21 heavy (non-hydrogen) atoms. The lowest BCUT2D eigenvalue weighted by Crippen LogP contribution is -2.12. The lowest BCUT2D eigenvalue weighted by Gasteiger charge is -2.06. The molecular formula is C16H16N4O. The zero-order valence-electron chi connectivity index (χ0n) is 11.9.